The molecule has 1 aliphatic rings. The molecular formula is C25H27ClN4O3. The van der Waals surface area contributed by atoms with Crippen LogP contribution < -0.4 is 10.2 Å². The molecule has 1 fully saturated rings. The Balaban J connectivity index is 1.82. The van der Waals surface area contributed by atoms with Crippen molar-refractivity contribution in [3.63, 3.8) is 0 Å². The van der Waals surface area contributed by atoms with Gasteiger partial charge in [-0.2, -0.15) is 5.26 Å². The number of halogens is 1. The fraction of sp³-hybridized carbons (Fsp3) is 0.360. The SMILES string of the molecule is CCCc1ccc(C2(C)NC(=O)N(CC(=O)N(CCC#N)c3ccc(Cl)c(C)c3)C2=O)cc1. The van der Waals surface area contributed by atoms with Gasteiger partial charge in [0.1, 0.15) is 12.1 Å². The van der Waals surface area contributed by atoms with Crippen molar-refractivity contribution in [3.8, 4) is 6.07 Å². The first-order valence-electron chi connectivity index (χ1n) is 10.9. The Morgan fingerprint density at radius 1 is 1.21 bits per heavy atom. The first-order chi connectivity index (χ1) is 15.7. The third-order valence-corrected chi connectivity index (χ3v) is 6.26. The minimum atomic E-state index is -1.25. The van der Waals surface area contributed by atoms with Crippen LogP contribution in [0.4, 0.5) is 10.5 Å². The maximum Gasteiger partial charge on any atom is 0.325 e. The van der Waals surface area contributed by atoms with Gasteiger partial charge >= 0.3 is 6.03 Å². The molecule has 0 bridgehead atoms. The summed E-state index contributed by atoms with van der Waals surface area (Å²) in [5, 5.41) is 12.3. The Kier molecular flexibility index (Phi) is 7.39. The van der Waals surface area contributed by atoms with Gasteiger partial charge in [-0.1, -0.05) is 49.2 Å². The second-order valence-corrected chi connectivity index (χ2v) is 8.69. The van der Waals surface area contributed by atoms with Gasteiger partial charge in [-0.3, -0.25) is 14.5 Å². The molecule has 0 spiro atoms. The molecule has 172 valence electrons. The molecule has 8 heteroatoms. The molecule has 1 heterocycles. The molecule has 0 aliphatic carbocycles. The van der Waals surface area contributed by atoms with Gasteiger partial charge in [0.2, 0.25) is 5.91 Å². The summed E-state index contributed by atoms with van der Waals surface area (Å²) in [4.78, 5) is 41.5. The lowest BCUT2D eigenvalue weighted by Crippen LogP contribution is -2.45. The Hall–Kier alpha value is -3.37. The van der Waals surface area contributed by atoms with Gasteiger partial charge in [0, 0.05) is 17.3 Å². The number of carbonyl (C=O) groups excluding carboxylic acids is 3. The number of hydrogen-bond donors (Lipinski definition) is 1. The summed E-state index contributed by atoms with van der Waals surface area (Å²) in [5.74, 6) is -0.949. The lowest BCUT2D eigenvalue weighted by atomic mass is 9.91. The van der Waals surface area contributed by atoms with Crippen LogP contribution in [-0.2, 0) is 21.5 Å². The summed E-state index contributed by atoms with van der Waals surface area (Å²) < 4.78 is 0. The Morgan fingerprint density at radius 3 is 2.52 bits per heavy atom. The number of nitrogens with zero attached hydrogens (tertiary/aromatic N) is 3. The summed E-state index contributed by atoms with van der Waals surface area (Å²) in [6, 6.07) is 14.1. The van der Waals surface area contributed by atoms with Gasteiger partial charge in [0.05, 0.1) is 12.5 Å². The van der Waals surface area contributed by atoms with Gasteiger partial charge in [-0.05, 0) is 55.2 Å². The Morgan fingerprint density at radius 2 is 1.91 bits per heavy atom. The van der Waals surface area contributed by atoms with Crippen LogP contribution in [0.5, 0.6) is 0 Å². The number of urea groups is 1. The van der Waals surface area contributed by atoms with Crippen LogP contribution in [-0.4, -0.2) is 35.8 Å². The lowest BCUT2D eigenvalue weighted by Gasteiger charge is -2.25. The van der Waals surface area contributed by atoms with Crippen molar-refractivity contribution in [2.75, 3.05) is 18.0 Å². The summed E-state index contributed by atoms with van der Waals surface area (Å²) >= 11 is 6.10. The number of amides is 4. The van der Waals surface area contributed by atoms with E-state index in [1.165, 1.54) is 4.90 Å². The molecule has 1 atom stereocenters. The molecule has 2 aromatic rings. The topological polar surface area (TPSA) is 93.5 Å². The van der Waals surface area contributed by atoms with Crippen molar-refractivity contribution in [3.05, 3.63) is 64.2 Å². The van der Waals surface area contributed by atoms with Crippen LogP contribution in [0.1, 0.15) is 43.4 Å². The normalized spacial score (nSPS) is 17.6. The standard InChI is InChI=1S/C25H27ClN4O3/c1-4-6-18-7-9-19(10-8-18)25(3)23(32)30(24(33)28-25)16-22(31)29(14-5-13-27)20-11-12-21(26)17(2)15-20/h7-12,15H,4-6,14,16H2,1-3H3,(H,28,33). The van der Waals surface area contributed by atoms with E-state index in [0.29, 0.717) is 16.3 Å². The molecule has 1 saturated heterocycles. The number of imide groups is 1. The second kappa shape index (κ2) is 10.1. The quantitative estimate of drug-likeness (QED) is 0.586. The van der Waals surface area contributed by atoms with E-state index in [1.807, 2.05) is 37.3 Å². The third-order valence-electron chi connectivity index (χ3n) is 5.84. The summed E-state index contributed by atoms with van der Waals surface area (Å²) in [5.41, 5.74) is 1.89. The molecule has 33 heavy (non-hydrogen) atoms. The van der Waals surface area contributed by atoms with E-state index in [1.54, 1.807) is 25.1 Å². The summed E-state index contributed by atoms with van der Waals surface area (Å²) in [7, 11) is 0. The minimum absolute atomic E-state index is 0.107. The zero-order valence-corrected chi connectivity index (χ0v) is 19.8. The molecule has 0 aromatic heterocycles. The number of rotatable bonds is 8. The van der Waals surface area contributed by atoms with E-state index in [0.717, 1.165) is 28.9 Å². The van der Waals surface area contributed by atoms with Gasteiger partial charge in [0.15, 0.2) is 0 Å². The highest BCUT2D eigenvalue weighted by Gasteiger charge is 2.49. The van der Waals surface area contributed by atoms with Crippen LogP contribution in [0.3, 0.4) is 0 Å². The number of anilines is 1. The smallest absolute Gasteiger partial charge is 0.319 e. The molecule has 7 nitrogen and oxygen atoms in total. The van der Waals surface area contributed by atoms with Crippen molar-refractivity contribution in [2.45, 2.75) is 45.6 Å². The van der Waals surface area contributed by atoms with Crippen molar-refractivity contribution in [1.82, 2.24) is 10.2 Å². The van der Waals surface area contributed by atoms with Crippen molar-refractivity contribution < 1.29 is 14.4 Å². The first-order valence-corrected chi connectivity index (χ1v) is 11.3. The number of nitrogens with one attached hydrogen (secondary N) is 1. The number of aryl methyl sites for hydroxylation is 2. The van der Waals surface area contributed by atoms with Gasteiger partial charge in [-0.25, -0.2) is 4.79 Å². The monoisotopic (exact) mass is 466 g/mol. The predicted octanol–water partition coefficient (Wildman–Crippen LogP) is 4.31. The van der Waals surface area contributed by atoms with Crippen LogP contribution in [0.25, 0.3) is 0 Å². The highest BCUT2D eigenvalue weighted by Crippen LogP contribution is 2.30. The number of benzene rings is 2. The summed E-state index contributed by atoms with van der Waals surface area (Å²) in [6.07, 6.45) is 2.05. The highest BCUT2D eigenvalue weighted by molar-refractivity contribution is 6.31. The maximum absolute atomic E-state index is 13.3. The van der Waals surface area contributed by atoms with E-state index in [2.05, 4.69) is 12.2 Å². The van der Waals surface area contributed by atoms with Crippen molar-refractivity contribution in [1.29, 1.82) is 5.26 Å². The predicted molar refractivity (Wildman–Crippen MR) is 127 cm³/mol. The van der Waals surface area contributed by atoms with Crippen LogP contribution in [0, 0.1) is 18.3 Å². The van der Waals surface area contributed by atoms with E-state index in [-0.39, 0.29) is 13.0 Å². The molecule has 0 radical (unpaired) electrons. The lowest BCUT2D eigenvalue weighted by molar-refractivity contribution is -0.134. The van der Waals surface area contributed by atoms with E-state index in [9.17, 15) is 14.4 Å². The molecule has 1 N–H and O–H groups in total. The molecule has 3 rings (SSSR count). The fourth-order valence-electron chi connectivity index (χ4n) is 3.91. The van der Waals surface area contributed by atoms with E-state index >= 15 is 0 Å². The first kappa shape index (κ1) is 24.3. The molecule has 4 amide bonds. The van der Waals surface area contributed by atoms with Crippen molar-refractivity contribution in [2.24, 2.45) is 0 Å². The fourth-order valence-corrected chi connectivity index (χ4v) is 4.02. The van der Waals surface area contributed by atoms with Gasteiger partial charge in [-0.15, -0.1) is 0 Å². The highest BCUT2D eigenvalue weighted by atomic mass is 35.5. The minimum Gasteiger partial charge on any atom is -0.319 e. The number of carbonyl (C=O) groups is 3. The van der Waals surface area contributed by atoms with E-state index < -0.39 is 29.9 Å². The van der Waals surface area contributed by atoms with Crippen LogP contribution >= 0.6 is 11.6 Å². The average Bonchev–Trinajstić information content (AvgIpc) is 3.01. The van der Waals surface area contributed by atoms with Crippen molar-refractivity contribution >= 4 is 35.1 Å². The molecular weight excluding hydrogens is 440 g/mol. The zero-order chi connectivity index (χ0) is 24.2. The maximum atomic E-state index is 13.3. The molecule has 1 unspecified atom stereocenters. The second-order valence-electron chi connectivity index (χ2n) is 8.28. The summed E-state index contributed by atoms with van der Waals surface area (Å²) in [6.45, 7) is 5.25. The number of hydrogen-bond acceptors (Lipinski definition) is 4. The van der Waals surface area contributed by atoms with E-state index in [4.69, 9.17) is 16.9 Å². The molecule has 2 aromatic carbocycles. The zero-order valence-electron chi connectivity index (χ0n) is 19.0. The Bertz CT molecular complexity index is 1110. The van der Waals surface area contributed by atoms with Crippen LogP contribution in [0.15, 0.2) is 42.5 Å². The molecule has 1 aliphatic heterocycles. The molecule has 0 saturated carbocycles. The van der Waals surface area contributed by atoms with Gasteiger partial charge in [0.25, 0.3) is 5.91 Å². The number of nitriles is 1. The average molecular weight is 467 g/mol. The largest absolute Gasteiger partial charge is 0.325 e. The van der Waals surface area contributed by atoms with Gasteiger partial charge < -0.3 is 10.2 Å². The Labute approximate surface area is 198 Å². The third kappa shape index (κ3) is 5.01. The van der Waals surface area contributed by atoms with Crippen LogP contribution in [0.2, 0.25) is 5.02 Å².